The molecule has 0 unspecified atom stereocenters. The molecule has 0 amide bonds. The molecule has 6 heteroatoms. The molecular weight excluding hydrogens is 380 g/mol. The second-order valence-corrected chi connectivity index (χ2v) is 8.05. The maximum atomic E-state index is 14.0. The molecule has 2 aliphatic carbocycles. The van der Waals surface area contributed by atoms with Crippen LogP contribution in [0, 0.1) is 29.4 Å². The van der Waals surface area contributed by atoms with Crippen LogP contribution in [0.5, 0.6) is 5.75 Å². The monoisotopic (exact) mass is 404 g/mol. The van der Waals surface area contributed by atoms with Gasteiger partial charge in [0.2, 0.25) is 0 Å². The van der Waals surface area contributed by atoms with E-state index in [-0.39, 0.29) is 5.92 Å². The second-order valence-electron chi connectivity index (χ2n) is 7.80. The van der Waals surface area contributed by atoms with Gasteiger partial charge >= 0.3 is 6.61 Å². The van der Waals surface area contributed by atoms with Crippen molar-refractivity contribution < 1.29 is 22.3 Å². The predicted octanol–water partition coefficient (Wildman–Crippen LogP) is 7.40. The molecule has 0 spiro atoms. The van der Waals surface area contributed by atoms with Crippen molar-refractivity contribution in [3.05, 3.63) is 40.9 Å². The van der Waals surface area contributed by atoms with E-state index in [2.05, 4.69) is 10.8 Å². The van der Waals surface area contributed by atoms with Crippen molar-refractivity contribution in [2.75, 3.05) is 0 Å². The van der Waals surface area contributed by atoms with Gasteiger partial charge in [-0.3, -0.25) is 0 Å². The van der Waals surface area contributed by atoms with E-state index in [0.717, 1.165) is 43.7 Å². The van der Waals surface area contributed by atoms with Crippen molar-refractivity contribution in [3.8, 4) is 5.75 Å². The van der Waals surface area contributed by atoms with Crippen LogP contribution in [0.2, 0.25) is 0 Å². The molecule has 2 saturated carbocycles. The number of allylic oxidation sites excluding steroid dienone is 1. The van der Waals surface area contributed by atoms with E-state index in [1.165, 1.54) is 25.7 Å². The largest absolute Gasteiger partial charge is 0.429 e. The van der Waals surface area contributed by atoms with Crippen molar-refractivity contribution >= 4 is 11.6 Å². The summed E-state index contributed by atoms with van der Waals surface area (Å²) in [5.74, 6) is -1.06. The van der Waals surface area contributed by atoms with Crippen molar-refractivity contribution in [1.82, 2.24) is 0 Å². The first kappa shape index (κ1) is 20.5. The van der Waals surface area contributed by atoms with Gasteiger partial charge in [-0.05, 0) is 92.7 Å². The number of hydrogen-bond acceptors (Lipinski definition) is 1. The normalized spacial score (nSPS) is 29.4. The Bertz CT molecular complexity index is 625. The van der Waals surface area contributed by atoms with Gasteiger partial charge in [0.05, 0.1) is 0 Å². The van der Waals surface area contributed by atoms with Crippen molar-refractivity contribution in [1.29, 1.82) is 0 Å². The average Bonchev–Trinajstić information content (AvgIpc) is 2.65. The summed E-state index contributed by atoms with van der Waals surface area (Å²) in [6.07, 6.45) is 10.7. The lowest BCUT2D eigenvalue weighted by atomic mass is 9.68. The van der Waals surface area contributed by atoms with Crippen LogP contribution < -0.4 is 4.74 Å². The third-order valence-corrected chi connectivity index (χ3v) is 6.44. The minimum absolute atomic E-state index is 0.0707. The third-order valence-electron chi connectivity index (χ3n) is 6.30. The minimum Gasteiger partial charge on any atom is -0.429 e. The van der Waals surface area contributed by atoms with Crippen LogP contribution in [-0.4, -0.2) is 6.61 Å². The molecule has 0 N–H and O–H groups in total. The molecule has 1 aromatic rings. The van der Waals surface area contributed by atoms with Gasteiger partial charge in [0, 0.05) is 5.54 Å². The van der Waals surface area contributed by atoms with E-state index in [1.807, 2.05) is 0 Å². The highest BCUT2D eigenvalue weighted by molar-refractivity contribution is 6.25. The summed E-state index contributed by atoms with van der Waals surface area (Å²) in [7, 11) is 0. The van der Waals surface area contributed by atoms with E-state index >= 15 is 0 Å². The zero-order chi connectivity index (χ0) is 19.4. The molecule has 0 aromatic heterocycles. The van der Waals surface area contributed by atoms with Crippen LogP contribution in [0.15, 0.2) is 23.7 Å². The minimum atomic E-state index is -3.25. The van der Waals surface area contributed by atoms with Crippen LogP contribution in [-0.2, 0) is 0 Å². The summed E-state index contributed by atoms with van der Waals surface area (Å²) in [4.78, 5) is 0. The Labute approximate surface area is 162 Å². The van der Waals surface area contributed by atoms with Crippen LogP contribution in [0.25, 0.3) is 0 Å². The molecule has 0 saturated heterocycles. The number of ether oxygens (including phenoxy) is 1. The topological polar surface area (TPSA) is 9.23 Å². The molecular formula is C21H25ClF4O. The fourth-order valence-corrected chi connectivity index (χ4v) is 5.06. The summed E-state index contributed by atoms with van der Waals surface area (Å²) >= 11 is 5.67. The lowest BCUT2D eigenvalue weighted by Gasteiger charge is -2.37. The quantitative estimate of drug-likeness (QED) is 0.464. The van der Waals surface area contributed by atoms with Crippen LogP contribution in [0.4, 0.5) is 17.6 Å². The maximum absolute atomic E-state index is 14.0. The maximum Gasteiger partial charge on any atom is 0.387 e. The number of benzene rings is 1. The molecule has 150 valence electrons. The van der Waals surface area contributed by atoms with Gasteiger partial charge < -0.3 is 4.74 Å². The first-order valence-electron chi connectivity index (χ1n) is 9.68. The van der Waals surface area contributed by atoms with Gasteiger partial charge in [0.25, 0.3) is 0 Å². The highest BCUT2D eigenvalue weighted by atomic mass is 35.5. The Morgan fingerprint density at radius 1 is 0.889 bits per heavy atom. The molecule has 2 aliphatic rings. The molecule has 27 heavy (non-hydrogen) atoms. The zero-order valence-electron chi connectivity index (χ0n) is 15.2. The number of hydrogen-bond donors (Lipinski definition) is 0. The molecule has 1 aromatic carbocycles. The van der Waals surface area contributed by atoms with Gasteiger partial charge in [-0.25, -0.2) is 8.78 Å². The Morgan fingerprint density at radius 2 is 1.41 bits per heavy atom. The SMILES string of the molecule is Fc1cc(C2CCC(C3CCC(/C=C/Cl)CC3)CC2)cc(F)c1OC(F)F. The van der Waals surface area contributed by atoms with Gasteiger partial charge in [-0.15, -0.1) is 0 Å². The summed E-state index contributed by atoms with van der Waals surface area (Å²) in [6.45, 7) is -3.25. The van der Waals surface area contributed by atoms with Crippen molar-refractivity contribution in [2.45, 2.75) is 63.9 Å². The molecule has 0 bridgehead atoms. The zero-order valence-corrected chi connectivity index (χ0v) is 15.9. The smallest absolute Gasteiger partial charge is 0.387 e. The molecule has 3 rings (SSSR count). The molecule has 0 heterocycles. The van der Waals surface area contributed by atoms with Crippen molar-refractivity contribution in [2.24, 2.45) is 17.8 Å². The molecule has 2 fully saturated rings. The number of halogens is 5. The Balaban J connectivity index is 1.56. The van der Waals surface area contributed by atoms with Gasteiger partial charge in [-0.2, -0.15) is 8.78 Å². The predicted molar refractivity (Wildman–Crippen MR) is 98.1 cm³/mol. The van der Waals surface area contributed by atoms with Crippen LogP contribution >= 0.6 is 11.6 Å². The highest BCUT2D eigenvalue weighted by Gasteiger charge is 2.31. The first-order chi connectivity index (χ1) is 13.0. The standard InChI is InChI=1S/C21H25ClF4O/c22-10-9-13-1-3-14(4-2-13)15-5-7-16(8-6-15)17-11-18(23)20(19(24)12-17)27-21(25)26/h9-16,21H,1-8H2/b10-9+. The fraction of sp³-hybridized carbons (Fsp3) is 0.619. The number of alkyl halides is 2. The number of rotatable bonds is 5. The molecule has 1 nitrogen and oxygen atoms in total. The van der Waals surface area contributed by atoms with E-state index in [1.54, 1.807) is 5.54 Å². The fourth-order valence-electron chi connectivity index (χ4n) is 4.85. The van der Waals surface area contributed by atoms with E-state index in [4.69, 9.17) is 11.6 Å². The second kappa shape index (κ2) is 9.31. The lowest BCUT2D eigenvalue weighted by Crippen LogP contribution is -2.25. The first-order valence-corrected chi connectivity index (χ1v) is 10.1. The summed E-state index contributed by atoms with van der Waals surface area (Å²) in [5.41, 5.74) is 2.16. The summed E-state index contributed by atoms with van der Waals surface area (Å²) < 4.78 is 56.4. The average molecular weight is 405 g/mol. The third kappa shape index (κ3) is 5.18. The Morgan fingerprint density at radius 3 is 1.89 bits per heavy atom. The molecule has 0 atom stereocenters. The Kier molecular flexibility index (Phi) is 7.07. The van der Waals surface area contributed by atoms with Crippen LogP contribution in [0.3, 0.4) is 0 Å². The molecule has 0 aliphatic heterocycles. The van der Waals surface area contributed by atoms with Crippen LogP contribution in [0.1, 0.15) is 62.8 Å². The highest BCUT2D eigenvalue weighted by Crippen LogP contribution is 2.44. The van der Waals surface area contributed by atoms with E-state index in [9.17, 15) is 17.6 Å². The lowest BCUT2D eigenvalue weighted by molar-refractivity contribution is -0.0546. The van der Waals surface area contributed by atoms with E-state index in [0.29, 0.717) is 17.4 Å². The van der Waals surface area contributed by atoms with Gasteiger partial charge in [-0.1, -0.05) is 17.7 Å². The molecule has 0 radical (unpaired) electrons. The van der Waals surface area contributed by atoms with E-state index < -0.39 is 24.0 Å². The Hall–Kier alpha value is -1.23. The van der Waals surface area contributed by atoms with Gasteiger partial charge in [0.1, 0.15) is 0 Å². The van der Waals surface area contributed by atoms with Crippen molar-refractivity contribution in [3.63, 3.8) is 0 Å². The van der Waals surface area contributed by atoms with Gasteiger partial charge in [0.15, 0.2) is 17.4 Å². The summed E-state index contributed by atoms with van der Waals surface area (Å²) in [6, 6.07) is 2.30. The summed E-state index contributed by atoms with van der Waals surface area (Å²) in [5, 5.41) is 0.